The van der Waals surface area contributed by atoms with E-state index >= 15 is 0 Å². The van der Waals surface area contributed by atoms with Crippen molar-refractivity contribution in [2.24, 2.45) is 7.05 Å². The molecule has 5 heteroatoms. The highest BCUT2D eigenvalue weighted by molar-refractivity contribution is 5.09. The summed E-state index contributed by atoms with van der Waals surface area (Å²) in [5.74, 6) is 0.793. The number of nitrogens with zero attached hydrogens (tertiary/aromatic N) is 4. The van der Waals surface area contributed by atoms with Gasteiger partial charge in [-0.3, -0.25) is 0 Å². The maximum absolute atomic E-state index is 3.90. The van der Waals surface area contributed by atoms with E-state index in [1.54, 1.807) is 0 Å². The molecule has 2 aromatic heterocycles. The van der Waals surface area contributed by atoms with Gasteiger partial charge in [-0.15, -0.1) is 10.2 Å². The van der Waals surface area contributed by atoms with Gasteiger partial charge in [0.05, 0.1) is 0 Å². The summed E-state index contributed by atoms with van der Waals surface area (Å²) in [6.45, 7) is 0. The number of aromatic amines is 1. The Kier molecular flexibility index (Phi) is 2.58. The van der Waals surface area contributed by atoms with Crippen LogP contribution in [0.25, 0.3) is 0 Å². The zero-order chi connectivity index (χ0) is 9.80. The first-order chi connectivity index (χ1) is 6.84. The van der Waals surface area contributed by atoms with Crippen LogP contribution in [0.3, 0.4) is 0 Å². The fourth-order valence-electron chi connectivity index (χ4n) is 1.45. The molecule has 0 aromatic carbocycles. The summed E-state index contributed by atoms with van der Waals surface area (Å²) in [4.78, 5) is 0. The summed E-state index contributed by atoms with van der Waals surface area (Å²) in [6.07, 6.45) is 7.20. The van der Waals surface area contributed by atoms with Crippen molar-refractivity contribution in [2.45, 2.75) is 19.3 Å². The Bertz CT molecular complexity index is 376. The van der Waals surface area contributed by atoms with Crippen LogP contribution in [0.2, 0.25) is 0 Å². The zero-order valence-electron chi connectivity index (χ0n) is 8.14. The van der Waals surface area contributed by atoms with E-state index < -0.39 is 0 Å². The van der Waals surface area contributed by atoms with Crippen LogP contribution < -0.4 is 0 Å². The van der Waals surface area contributed by atoms with Crippen molar-refractivity contribution in [1.82, 2.24) is 25.2 Å². The Morgan fingerprint density at radius 2 is 2.36 bits per heavy atom. The molecule has 0 unspecified atom stereocenters. The molecule has 0 saturated carbocycles. The lowest BCUT2D eigenvalue weighted by molar-refractivity contribution is 0.771. The van der Waals surface area contributed by atoms with Gasteiger partial charge in [0, 0.05) is 25.9 Å². The van der Waals surface area contributed by atoms with E-state index in [0.29, 0.717) is 0 Å². The third kappa shape index (κ3) is 2.18. The normalized spacial score (nSPS) is 10.6. The first-order valence-electron chi connectivity index (χ1n) is 4.68. The van der Waals surface area contributed by atoms with E-state index in [1.165, 1.54) is 5.56 Å². The first kappa shape index (κ1) is 8.93. The highest BCUT2D eigenvalue weighted by atomic mass is 15.5. The largest absolute Gasteiger partial charge is 0.357 e. The number of aromatic nitrogens is 5. The van der Waals surface area contributed by atoms with E-state index in [1.807, 2.05) is 7.05 Å². The molecule has 74 valence electrons. The van der Waals surface area contributed by atoms with Crippen LogP contribution in [0.15, 0.2) is 18.5 Å². The van der Waals surface area contributed by atoms with Crippen LogP contribution in [-0.2, 0) is 19.9 Å². The van der Waals surface area contributed by atoms with Crippen molar-refractivity contribution in [2.75, 3.05) is 0 Å². The fraction of sp³-hybridized carbons (Fsp3) is 0.444. The summed E-state index contributed by atoms with van der Waals surface area (Å²) in [7, 11) is 2.03. The number of hydrogen-bond donors (Lipinski definition) is 1. The maximum Gasteiger partial charge on any atom is 0.174 e. The zero-order valence-corrected chi connectivity index (χ0v) is 8.14. The van der Waals surface area contributed by atoms with Gasteiger partial charge in [0.1, 0.15) is 0 Å². The standard InChI is InChI=1S/C9H13N5/c1-14-6-5-8(7-14)3-2-4-9-10-12-13-11-9/h5-7H,2-4H2,1H3,(H,10,11,12,13). The number of rotatable bonds is 4. The summed E-state index contributed by atoms with van der Waals surface area (Å²) in [5.41, 5.74) is 1.36. The number of hydrogen-bond acceptors (Lipinski definition) is 3. The minimum absolute atomic E-state index is 0.793. The Balaban J connectivity index is 1.78. The molecule has 0 aliphatic heterocycles. The lowest BCUT2D eigenvalue weighted by atomic mass is 10.1. The molecule has 0 aliphatic rings. The molecule has 2 rings (SSSR count). The predicted octanol–water partition coefficient (Wildman–Crippen LogP) is 0.713. The monoisotopic (exact) mass is 191 g/mol. The molecular weight excluding hydrogens is 178 g/mol. The average molecular weight is 191 g/mol. The summed E-state index contributed by atoms with van der Waals surface area (Å²) in [5, 5.41) is 13.8. The van der Waals surface area contributed by atoms with Crippen LogP contribution in [0.4, 0.5) is 0 Å². The molecule has 0 spiro atoms. The molecule has 0 amide bonds. The van der Waals surface area contributed by atoms with E-state index in [4.69, 9.17) is 0 Å². The third-order valence-corrected chi connectivity index (χ3v) is 2.15. The smallest absolute Gasteiger partial charge is 0.174 e. The lowest BCUT2D eigenvalue weighted by Gasteiger charge is -1.94. The second kappa shape index (κ2) is 4.04. The van der Waals surface area contributed by atoms with Crippen molar-refractivity contribution >= 4 is 0 Å². The molecule has 14 heavy (non-hydrogen) atoms. The predicted molar refractivity (Wildman–Crippen MR) is 51.6 cm³/mol. The highest BCUT2D eigenvalue weighted by Crippen LogP contribution is 2.05. The maximum atomic E-state index is 3.90. The van der Waals surface area contributed by atoms with Crippen LogP contribution in [0.5, 0.6) is 0 Å². The molecule has 0 atom stereocenters. The van der Waals surface area contributed by atoms with Gasteiger partial charge in [0.15, 0.2) is 5.82 Å². The average Bonchev–Trinajstić information content (AvgIpc) is 2.77. The molecule has 0 bridgehead atoms. The van der Waals surface area contributed by atoms with Crippen LogP contribution in [0, 0.1) is 0 Å². The molecule has 2 aromatic rings. The Morgan fingerprint density at radius 3 is 3.00 bits per heavy atom. The van der Waals surface area contributed by atoms with Crippen LogP contribution in [-0.4, -0.2) is 25.2 Å². The topological polar surface area (TPSA) is 59.4 Å². The van der Waals surface area contributed by atoms with E-state index in [0.717, 1.165) is 25.1 Å². The molecule has 0 aliphatic carbocycles. The minimum Gasteiger partial charge on any atom is -0.357 e. The molecule has 1 N–H and O–H groups in total. The van der Waals surface area contributed by atoms with Gasteiger partial charge < -0.3 is 4.57 Å². The molecule has 0 fully saturated rings. The lowest BCUT2D eigenvalue weighted by Crippen LogP contribution is -1.91. The SMILES string of the molecule is Cn1ccc(CCCc2nn[nH]n2)c1. The van der Waals surface area contributed by atoms with Crippen molar-refractivity contribution in [3.05, 3.63) is 29.8 Å². The third-order valence-electron chi connectivity index (χ3n) is 2.15. The number of H-pyrrole nitrogens is 1. The fourth-order valence-corrected chi connectivity index (χ4v) is 1.45. The molecular formula is C9H13N5. The molecule has 0 radical (unpaired) electrons. The Morgan fingerprint density at radius 1 is 1.43 bits per heavy atom. The van der Waals surface area contributed by atoms with Gasteiger partial charge >= 0.3 is 0 Å². The van der Waals surface area contributed by atoms with Crippen molar-refractivity contribution < 1.29 is 0 Å². The molecule has 2 heterocycles. The molecule has 5 nitrogen and oxygen atoms in total. The van der Waals surface area contributed by atoms with E-state index in [-0.39, 0.29) is 0 Å². The van der Waals surface area contributed by atoms with Crippen molar-refractivity contribution in [3.63, 3.8) is 0 Å². The minimum atomic E-state index is 0.793. The summed E-state index contributed by atoms with van der Waals surface area (Å²) < 4.78 is 2.06. The number of nitrogens with one attached hydrogen (secondary N) is 1. The Hall–Kier alpha value is -1.65. The number of tetrazole rings is 1. The van der Waals surface area contributed by atoms with E-state index in [9.17, 15) is 0 Å². The van der Waals surface area contributed by atoms with Crippen molar-refractivity contribution in [3.8, 4) is 0 Å². The van der Waals surface area contributed by atoms with Crippen LogP contribution >= 0.6 is 0 Å². The van der Waals surface area contributed by atoms with E-state index in [2.05, 4.69) is 43.7 Å². The second-order valence-corrected chi connectivity index (χ2v) is 3.37. The number of aryl methyl sites for hydroxylation is 3. The highest BCUT2D eigenvalue weighted by Gasteiger charge is 1.99. The second-order valence-electron chi connectivity index (χ2n) is 3.37. The van der Waals surface area contributed by atoms with Gasteiger partial charge in [-0.2, -0.15) is 5.21 Å². The summed E-state index contributed by atoms with van der Waals surface area (Å²) in [6, 6.07) is 2.14. The van der Waals surface area contributed by atoms with Gasteiger partial charge in [0.2, 0.25) is 0 Å². The van der Waals surface area contributed by atoms with Crippen molar-refractivity contribution in [1.29, 1.82) is 0 Å². The Labute approximate surface area is 82.1 Å². The summed E-state index contributed by atoms with van der Waals surface area (Å²) >= 11 is 0. The van der Waals surface area contributed by atoms with Crippen LogP contribution in [0.1, 0.15) is 17.8 Å². The van der Waals surface area contributed by atoms with Gasteiger partial charge in [-0.05, 0) is 24.5 Å². The quantitative estimate of drug-likeness (QED) is 0.774. The van der Waals surface area contributed by atoms with Gasteiger partial charge in [-0.25, -0.2) is 0 Å². The van der Waals surface area contributed by atoms with Gasteiger partial charge in [0.25, 0.3) is 0 Å². The first-order valence-corrected chi connectivity index (χ1v) is 4.68. The molecule has 0 saturated heterocycles. The van der Waals surface area contributed by atoms with Gasteiger partial charge in [-0.1, -0.05) is 5.21 Å².